The van der Waals surface area contributed by atoms with E-state index in [0.717, 1.165) is 12.5 Å². The molecule has 1 atom stereocenters. The second kappa shape index (κ2) is 4.62. The maximum absolute atomic E-state index is 3.64. The van der Waals surface area contributed by atoms with Gasteiger partial charge in [0.25, 0.3) is 0 Å². The van der Waals surface area contributed by atoms with E-state index in [-0.39, 0.29) is 0 Å². The highest BCUT2D eigenvalue weighted by atomic mass is 15.0. The van der Waals surface area contributed by atoms with Crippen LogP contribution in [0, 0.1) is 19.8 Å². The van der Waals surface area contributed by atoms with E-state index in [9.17, 15) is 0 Å². The van der Waals surface area contributed by atoms with E-state index in [4.69, 9.17) is 0 Å². The fourth-order valence-electron chi connectivity index (χ4n) is 2.33. The second-order valence-electron chi connectivity index (χ2n) is 5.42. The van der Waals surface area contributed by atoms with Crippen LogP contribution >= 0.6 is 0 Å². The summed E-state index contributed by atoms with van der Waals surface area (Å²) in [6, 6.07) is 2.96. The summed E-state index contributed by atoms with van der Waals surface area (Å²) in [5.41, 5.74) is 4.19. The van der Waals surface area contributed by atoms with Gasteiger partial charge in [-0.15, -0.1) is 0 Å². The zero-order valence-corrected chi connectivity index (χ0v) is 11.0. The predicted octanol–water partition coefficient (Wildman–Crippen LogP) is 2.92. The van der Waals surface area contributed by atoms with Crippen LogP contribution in [0.2, 0.25) is 0 Å². The van der Waals surface area contributed by atoms with Crippen molar-refractivity contribution in [3.05, 3.63) is 23.0 Å². The van der Waals surface area contributed by atoms with E-state index in [1.807, 2.05) is 0 Å². The third kappa shape index (κ3) is 2.67. The van der Waals surface area contributed by atoms with Crippen LogP contribution in [-0.4, -0.2) is 10.6 Å². The molecule has 0 radical (unpaired) electrons. The lowest BCUT2D eigenvalue weighted by Gasteiger charge is -2.13. The third-order valence-corrected chi connectivity index (χ3v) is 3.90. The highest BCUT2D eigenvalue weighted by Gasteiger charge is 2.23. The van der Waals surface area contributed by atoms with Gasteiger partial charge in [0.05, 0.1) is 0 Å². The molecule has 1 fully saturated rings. The Kier molecular flexibility index (Phi) is 3.38. The summed E-state index contributed by atoms with van der Waals surface area (Å²) in [5.74, 6) is 1.01. The van der Waals surface area contributed by atoms with Gasteiger partial charge in [0, 0.05) is 31.0 Å². The molecule has 0 amide bonds. The van der Waals surface area contributed by atoms with Gasteiger partial charge in [-0.2, -0.15) is 0 Å². The maximum Gasteiger partial charge on any atom is 0.0225 e. The summed E-state index contributed by atoms with van der Waals surface area (Å²) in [7, 11) is 2.14. The number of hydrogen-bond donors (Lipinski definition) is 1. The highest BCUT2D eigenvalue weighted by Crippen LogP contribution is 2.33. The van der Waals surface area contributed by atoms with Crippen LogP contribution in [0.25, 0.3) is 0 Å². The first-order valence-electron chi connectivity index (χ1n) is 6.43. The largest absolute Gasteiger partial charge is 0.352 e. The Morgan fingerprint density at radius 3 is 2.62 bits per heavy atom. The zero-order chi connectivity index (χ0) is 11.7. The van der Waals surface area contributed by atoms with E-state index in [1.165, 1.54) is 36.2 Å². The van der Waals surface area contributed by atoms with E-state index < -0.39 is 0 Å². The average molecular weight is 220 g/mol. The first-order valence-corrected chi connectivity index (χ1v) is 6.43. The molecule has 0 bridgehead atoms. The van der Waals surface area contributed by atoms with Crippen molar-refractivity contribution >= 4 is 0 Å². The fourth-order valence-corrected chi connectivity index (χ4v) is 2.33. The molecule has 1 aromatic rings. The van der Waals surface area contributed by atoms with Crippen molar-refractivity contribution in [3.63, 3.8) is 0 Å². The van der Waals surface area contributed by atoms with Crippen LogP contribution in [0.5, 0.6) is 0 Å². The highest BCUT2D eigenvalue weighted by molar-refractivity contribution is 5.26. The number of hydrogen-bond acceptors (Lipinski definition) is 1. The number of rotatable bonds is 5. The molecule has 0 aromatic carbocycles. The number of nitrogens with one attached hydrogen (secondary N) is 1. The van der Waals surface area contributed by atoms with E-state index in [0.29, 0.717) is 6.04 Å². The van der Waals surface area contributed by atoms with Crippen molar-refractivity contribution in [2.75, 3.05) is 0 Å². The molecular weight excluding hydrogens is 196 g/mol. The summed E-state index contributed by atoms with van der Waals surface area (Å²) >= 11 is 0. The van der Waals surface area contributed by atoms with E-state index in [1.54, 1.807) is 0 Å². The Hall–Kier alpha value is -0.760. The molecule has 1 aromatic heterocycles. The van der Waals surface area contributed by atoms with E-state index in [2.05, 4.69) is 43.8 Å². The molecule has 0 spiro atoms. The molecule has 2 heteroatoms. The molecule has 2 rings (SSSR count). The normalized spacial score (nSPS) is 17.8. The molecule has 1 N–H and O–H groups in total. The Bertz CT molecular complexity index is 361. The first-order chi connectivity index (χ1) is 7.58. The average Bonchev–Trinajstić information content (AvgIpc) is 3.01. The lowest BCUT2D eigenvalue weighted by molar-refractivity contribution is 0.487. The summed E-state index contributed by atoms with van der Waals surface area (Å²) in [5, 5.41) is 3.64. The first kappa shape index (κ1) is 11.7. The van der Waals surface area contributed by atoms with Gasteiger partial charge in [-0.25, -0.2) is 0 Å². The number of aryl methyl sites for hydroxylation is 1. The molecular formula is C14H24N2. The minimum atomic E-state index is 0.660. The monoisotopic (exact) mass is 220 g/mol. The van der Waals surface area contributed by atoms with Gasteiger partial charge in [-0.3, -0.25) is 0 Å². The van der Waals surface area contributed by atoms with Crippen molar-refractivity contribution in [2.45, 2.75) is 52.6 Å². The zero-order valence-electron chi connectivity index (χ0n) is 11.0. The molecule has 1 heterocycles. The predicted molar refractivity (Wildman–Crippen MR) is 68.5 cm³/mol. The molecule has 0 saturated heterocycles. The van der Waals surface area contributed by atoms with Crippen molar-refractivity contribution in [1.29, 1.82) is 0 Å². The van der Waals surface area contributed by atoms with Crippen molar-refractivity contribution in [3.8, 4) is 0 Å². The summed E-state index contributed by atoms with van der Waals surface area (Å²) in [6.07, 6.45) is 4.26. The summed E-state index contributed by atoms with van der Waals surface area (Å²) < 4.78 is 2.27. The van der Waals surface area contributed by atoms with Gasteiger partial charge < -0.3 is 9.88 Å². The van der Waals surface area contributed by atoms with E-state index >= 15 is 0 Å². The molecule has 0 aliphatic heterocycles. The van der Waals surface area contributed by atoms with Crippen LogP contribution in [0.15, 0.2) is 6.07 Å². The Balaban J connectivity index is 1.85. The van der Waals surface area contributed by atoms with Gasteiger partial charge >= 0.3 is 0 Å². The molecule has 1 unspecified atom stereocenters. The standard InChI is InChI=1S/C14H24N2/c1-10(7-13-5-6-13)15-9-14-8-11(2)16(4)12(14)3/h8,10,13,15H,5-7,9H2,1-4H3. The molecule has 1 aliphatic rings. The molecule has 2 nitrogen and oxygen atoms in total. The van der Waals surface area contributed by atoms with Gasteiger partial charge in [0.2, 0.25) is 0 Å². The fraction of sp³-hybridized carbons (Fsp3) is 0.714. The maximum atomic E-state index is 3.64. The van der Waals surface area contributed by atoms with Gasteiger partial charge in [0.15, 0.2) is 0 Å². The van der Waals surface area contributed by atoms with Crippen molar-refractivity contribution < 1.29 is 0 Å². The molecule has 90 valence electrons. The minimum Gasteiger partial charge on any atom is -0.352 e. The minimum absolute atomic E-state index is 0.660. The summed E-state index contributed by atoms with van der Waals surface area (Å²) in [6.45, 7) is 7.70. The van der Waals surface area contributed by atoms with Crippen molar-refractivity contribution in [1.82, 2.24) is 9.88 Å². The topological polar surface area (TPSA) is 17.0 Å². The van der Waals surface area contributed by atoms with Crippen LogP contribution < -0.4 is 5.32 Å². The van der Waals surface area contributed by atoms with Crippen LogP contribution in [-0.2, 0) is 13.6 Å². The molecule has 16 heavy (non-hydrogen) atoms. The lowest BCUT2D eigenvalue weighted by Crippen LogP contribution is -2.26. The Labute approximate surface area is 99.0 Å². The van der Waals surface area contributed by atoms with Crippen LogP contribution in [0.3, 0.4) is 0 Å². The van der Waals surface area contributed by atoms with Crippen molar-refractivity contribution in [2.24, 2.45) is 13.0 Å². The third-order valence-electron chi connectivity index (χ3n) is 3.90. The van der Waals surface area contributed by atoms with Gasteiger partial charge in [0.1, 0.15) is 0 Å². The number of aromatic nitrogens is 1. The smallest absolute Gasteiger partial charge is 0.0225 e. The lowest BCUT2D eigenvalue weighted by atomic mass is 10.1. The summed E-state index contributed by atoms with van der Waals surface area (Å²) in [4.78, 5) is 0. The second-order valence-corrected chi connectivity index (χ2v) is 5.42. The quantitative estimate of drug-likeness (QED) is 0.807. The molecule has 1 aliphatic carbocycles. The molecule has 1 saturated carbocycles. The Morgan fingerprint density at radius 1 is 1.44 bits per heavy atom. The SMILES string of the molecule is Cc1cc(CNC(C)CC2CC2)c(C)n1C. The van der Waals surface area contributed by atoms with Gasteiger partial charge in [-0.1, -0.05) is 12.8 Å². The van der Waals surface area contributed by atoms with Gasteiger partial charge in [-0.05, 0) is 44.7 Å². The van der Waals surface area contributed by atoms with Crippen LogP contribution in [0.4, 0.5) is 0 Å². The Morgan fingerprint density at radius 2 is 2.12 bits per heavy atom. The van der Waals surface area contributed by atoms with Crippen LogP contribution in [0.1, 0.15) is 43.1 Å². The number of nitrogens with zero attached hydrogens (tertiary/aromatic N) is 1.